The normalized spacial score (nSPS) is 31.9. The van der Waals surface area contributed by atoms with E-state index in [1.807, 2.05) is 0 Å². The van der Waals surface area contributed by atoms with Crippen molar-refractivity contribution in [1.82, 2.24) is 0 Å². The van der Waals surface area contributed by atoms with Crippen LogP contribution in [0.2, 0.25) is 0 Å². The summed E-state index contributed by atoms with van der Waals surface area (Å²) in [6, 6.07) is 0. The van der Waals surface area contributed by atoms with Crippen molar-refractivity contribution in [2.75, 3.05) is 0 Å². The SMILES string of the molecule is OC1CCCCCCCCCC(C2=CCCCC2)C1. The Morgan fingerprint density at radius 2 is 1.47 bits per heavy atom. The molecule has 0 aromatic carbocycles. The van der Waals surface area contributed by atoms with E-state index in [1.165, 1.54) is 77.0 Å². The summed E-state index contributed by atoms with van der Waals surface area (Å²) in [6.07, 6.45) is 20.7. The molecule has 1 heteroatoms. The fourth-order valence-corrected chi connectivity index (χ4v) is 3.79. The van der Waals surface area contributed by atoms with Gasteiger partial charge in [0, 0.05) is 0 Å². The maximum absolute atomic E-state index is 10.3. The van der Waals surface area contributed by atoms with E-state index in [-0.39, 0.29) is 6.10 Å². The molecule has 19 heavy (non-hydrogen) atoms. The number of aliphatic hydroxyl groups excluding tert-OH is 1. The minimum Gasteiger partial charge on any atom is -0.393 e. The standard InChI is InChI=1S/C18H32O/c19-18-14-10-5-3-1-2-4-7-13-17(15-18)16-11-8-6-9-12-16/h11,17-19H,1-10,12-15H2. The van der Waals surface area contributed by atoms with E-state index in [4.69, 9.17) is 0 Å². The molecule has 1 fully saturated rings. The van der Waals surface area contributed by atoms with Crippen LogP contribution in [0, 0.1) is 5.92 Å². The Morgan fingerprint density at radius 3 is 2.16 bits per heavy atom. The Bertz CT molecular complexity index is 269. The molecular weight excluding hydrogens is 232 g/mol. The highest BCUT2D eigenvalue weighted by molar-refractivity contribution is 5.09. The van der Waals surface area contributed by atoms with Crippen molar-refractivity contribution in [3.8, 4) is 0 Å². The van der Waals surface area contributed by atoms with Crippen molar-refractivity contribution in [2.45, 2.75) is 96.0 Å². The lowest BCUT2D eigenvalue weighted by Crippen LogP contribution is -2.17. The van der Waals surface area contributed by atoms with Gasteiger partial charge in [0.15, 0.2) is 0 Å². The van der Waals surface area contributed by atoms with Crippen LogP contribution in [-0.2, 0) is 0 Å². The Labute approximate surface area is 119 Å². The van der Waals surface area contributed by atoms with E-state index < -0.39 is 0 Å². The van der Waals surface area contributed by atoms with Gasteiger partial charge in [-0.05, 0) is 50.9 Å². The fraction of sp³-hybridized carbons (Fsp3) is 0.889. The molecule has 2 atom stereocenters. The third kappa shape index (κ3) is 5.69. The van der Waals surface area contributed by atoms with E-state index in [0.717, 1.165) is 12.8 Å². The summed E-state index contributed by atoms with van der Waals surface area (Å²) < 4.78 is 0. The molecule has 1 saturated carbocycles. The summed E-state index contributed by atoms with van der Waals surface area (Å²) in [6.45, 7) is 0. The first-order valence-corrected chi connectivity index (χ1v) is 8.73. The molecule has 110 valence electrons. The second kappa shape index (κ2) is 8.79. The fourth-order valence-electron chi connectivity index (χ4n) is 3.79. The quantitative estimate of drug-likeness (QED) is 0.630. The van der Waals surface area contributed by atoms with Gasteiger partial charge in [0.2, 0.25) is 0 Å². The Morgan fingerprint density at radius 1 is 0.789 bits per heavy atom. The predicted molar refractivity (Wildman–Crippen MR) is 82.2 cm³/mol. The largest absolute Gasteiger partial charge is 0.393 e. The molecule has 0 aromatic heterocycles. The summed E-state index contributed by atoms with van der Waals surface area (Å²) >= 11 is 0. The lowest BCUT2D eigenvalue weighted by Gasteiger charge is -2.26. The van der Waals surface area contributed by atoms with Crippen LogP contribution >= 0.6 is 0 Å². The van der Waals surface area contributed by atoms with E-state index in [1.54, 1.807) is 5.57 Å². The molecule has 2 rings (SSSR count). The van der Waals surface area contributed by atoms with Gasteiger partial charge < -0.3 is 5.11 Å². The number of aliphatic hydroxyl groups is 1. The molecule has 2 unspecified atom stereocenters. The number of hydrogen-bond acceptors (Lipinski definition) is 1. The van der Waals surface area contributed by atoms with Crippen LogP contribution < -0.4 is 0 Å². The van der Waals surface area contributed by atoms with Crippen LogP contribution in [0.15, 0.2) is 11.6 Å². The van der Waals surface area contributed by atoms with Gasteiger partial charge in [-0.25, -0.2) is 0 Å². The topological polar surface area (TPSA) is 20.2 Å². The molecule has 0 bridgehead atoms. The van der Waals surface area contributed by atoms with Gasteiger partial charge in [0.25, 0.3) is 0 Å². The first-order valence-electron chi connectivity index (χ1n) is 8.73. The number of allylic oxidation sites excluding steroid dienone is 2. The van der Waals surface area contributed by atoms with E-state index in [2.05, 4.69) is 6.08 Å². The highest BCUT2D eigenvalue weighted by Crippen LogP contribution is 2.32. The van der Waals surface area contributed by atoms with Crippen LogP contribution in [0.4, 0.5) is 0 Å². The van der Waals surface area contributed by atoms with Crippen LogP contribution in [0.25, 0.3) is 0 Å². The van der Waals surface area contributed by atoms with Crippen molar-refractivity contribution >= 4 is 0 Å². The lowest BCUT2D eigenvalue weighted by atomic mass is 9.81. The first kappa shape index (κ1) is 15.1. The summed E-state index contributed by atoms with van der Waals surface area (Å²) in [4.78, 5) is 0. The molecule has 0 aliphatic heterocycles. The van der Waals surface area contributed by atoms with Crippen molar-refractivity contribution in [3.05, 3.63) is 11.6 Å². The van der Waals surface area contributed by atoms with E-state index >= 15 is 0 Å². The van der Waals surface area contributed by atoms with Gasteiger partial charge in [-0.1, -0.05) is 56.6 Å². The number of hydrogen-bond donors (Lipinski definition) is 1. The monoisotopic (exact) mass is 264 g/mol. The molecular formula is C18H32O. The zero-order valence-electron chi connectivity index (χ0n) is 12.6. The third-order valence-electron chi connectivity index (χ3n) is 5.00. The van der Waals surface area contributed by atoms with Gasteiger partial charge in [0.05, 0.1) is 6.10 Å². The minimum atomic E-state index is -0.0488. The smallest absolute Gasteiger partial charge is 0.0546 e. The first-order chi connectivity index (χ1) is 9.36. The number of rotatable bonds is 1. The van der Waals surface area contributed by atoms with Crippen LogP contribution in [0.5, 0.6) is 0 Å². The Balaban J connectivity index is 1.90. The Hall–Kier alpha value is -0.300. The van der Waals surface area contributed by atoms with Crippen molar-refractivity contribution in [2.24, 2.45) is 5.92 Å². The average molecular weight is 264 g/mol. The lowest BCUT2D eigenvalue weighted by molar-refractivity contribution is 0.131. The molecule has 2 aliphatic carbocycles. The summed E-state index contributed by atoms with van der Waals surface area (Å²) in [5.41, 5.74) is 1.68. The summed E-state index contributed by atoms with van der Waals surface area (Å²) in [5.74, 6) is 0.690. The van der Waals surface area contributed by atoms with Gasteiger partial charge in [-0.2, -0.15) is 0 Å². The molecule has 1 N–H and O–H groups in total. The van der Waals surface area contributed by atoms with Crippen LogP contribution in [-0.4, -0.2) is 11.2 Å². The molecule has 0 spiro atoms. The van der Waals surface area contributed by atoms with Gasteiger partial charge in [-0.15, -0.1) is 0 Å². The maximum atomic E-state index is 10.3. The second-order valence-electron chi connectivity index (χ2n) is 6.66. The zero-order chi connectivity index (χ0) is 13.3. The summed E-state index contributed by atoms with van der Waals surface area (Å²) in [7, 11) is 0. The minimum absolute atomic E-state index is 0.0488. The molecule has 1 nitrogen and oxygen atoms in total. The maximum Gasteiger partial charge on any atom is 0.0546 e. The van der Waals surface area contributed by atoms with E-state index in [0.29, 0.717) is 5.92 Å². The molecule has 2 aliphatic rings. The molecule has 0 radical (unpaired) electrons. The van der Waals surface area contributed by atoms with Crippen molar-refractivity contribution < 1.29 is 5.11 Å². The van der Waals surface area contributed by atoms with Crippen LogP contribution in [0.1, 0.15) is 89.9 Å². The highest BCUT2D eigenvalue weighted by atomic mass is 16.3. The molecule has 0 aromatic rings. The zero-order valence-corrected chi connectivity index (χ0v) is 12.6. The van der Waals surface area contributed by atoms with Gasteiger partial charge in [0.1, 0.15) is 0 Å². The highest BCUT2D eigenvalue weighted by Gasteiger charge is 2.19. The Kier molecular flexibility index (Phi) is 6.98. The molecule has 0 saturated heterocycles. The van der Waals surface area contributed by atoms with Crippen molar-refractivity contribution in [1.29, 1.82) is 0 Å². The average Bonchev–Trinajstić information content (AvgIpc) is 2.43. The van der Waals surface area contributed by atoms with Crippen LogP contribution in [0.3, 0.4) is 0 Å². The third-order valence-corrected chi connectivity index (χ3v) is 5.00. The summed E-state index contributed by atoms with van der Waals surface area (Å²) in [5, 5.41) is 10.3. The van der Waals surface area contributed by atoms with E-state index in [9.17, 15) is 5.11 Å². The molecule has 0 amide bonds. The second-order valence-corrected chi connectivity index (χ2v) is 6.66. The molecule has 0 heterocycles. The van der Waals surface area contributed by atoms with Gasteiger partial charge >= 0.3 is 0 Å². The van der Waals surface area contributed by atoms with Gasteiger partial charge in [-0.3, -0.25) is 0 Å². The predicted octanol–water partition coefficient (Wildman–Crippen LogP) is 5.38. The van der Waals surface area contributed by atoms with Crippen molar-refractivity contribution in [3.63, 3.8) is 0 Å².